The maximum atomic E-state index is 13.9. The molecule has 1 saturated carbocycles. The van der Waals surface area contributed by atoms with Gasteiger partial charge in [-0.25, -0.2) is 4.39 Å². The van der Waals surface area contributed by atoms with Crippen molar-refractivity contribution < 1.29 is 18.3 Å². The molecule has 2 aromatic heterocycles. The lowest BCUT2D eigenvalue weighted by molar-refractivity contribution is 0.0971. The predicted molar refractivity (Wildman–Crippen MR) is 132 cm³/mol. The second-order valence-electron chi connectivity index (χ2n) is 9.32. The largest absolute Gasteiger partial charge is 0.497 e. The summed E-state index contributed by atoms with van der Waals surface area (Å²) in [4.78, 5) is 4.41. The number of aromatic nitrogens is 3. The smallest absolute Gasteiger partial charge is 0.247 e. The average molecular weight is 476 g/mol. The fourth-order valence-corrected chi connectivity index (χ4v) is 5.38. The summed E-state index contributed by atoms with van der Waals surface area (Å²) in [5.74, 6) is 2.94. The molecule has 0 amide bonds. The van der Waals surface area contributed by atoms with E-state index in [2.05, 4.69) is 21.2 Å². The monoisotopic (exact) mass is 475 g/mol. The molecular formula is C28H30FN3O3. The number of methoxy groups -OCH3 is 2. The van der Waals surface area contributed by atoms with Crippen LogP contribution in [0.3, 0.4) is 0 Å². The van der Waals surface area contributed by atoms with Crippen LogP contribution in [-0.2, 0) is 11.2 Å². The highest BCUT2D eigenvalue weighted by Crippen LogP contribution is 2.41. The second-order valence-corrected chi connectivity index (χ2v) is 9.32. The molecule has 35 heavy (non-hydrogen) atoms. The fourth-order valence-electron chi connectivity index (χ4n) is 5.38. The van der Waals surface area contributed by atoms with Gasteiger partial charge in [0, 0.05) is 37.3 Å². The van der Waals surface area contributed by atoms with Crippen molar-refractivity contribution in [3.63, 3.8) is 0 Å². The van der Waals surface area contributed by atoms with Gasteiger partial charge in [0.1, 0.15) is 11.6 Å². The third-order valence-corrected chi connectivity index (χ3v) is 7.24. The van der Waals surface area contributed by atoms with E-state index in [1.54, 1.807) is 26.4 Å². The number of hydrogen-bond donors (Lipinski definition) is 0. The Morgan fingerprint density at radius 1 is 1.00 bits per heavy atom. The van der Waals surface area contributed by atoms with Crippen molar-refractivity contribution in [1.82, 2.24) is 15.2 Å². The van der Waals surface area contributed by atoms with Gasteiger partial charge in [0.15, 0.2) is 0 Å². The number of rotatable bonds is 8. The average Bonchev–Trinajstić information content (AvgIpc) is 3.37. The summed E-state index contributed by atoms with van der Waals surface area (Å²) in [6.07, 6.45) is 6.80. The summed E-state index contributed by atoms with van der Waals surface area (Å²) in [7, 11) is 3.38. The van der Waals surface area contributed by atoms with Crippen molar-refractivity contribution in [2.75, 3.05) is 20.8 Å². The highest BCUT2D eigenvalue weighted by Gasteiger charge is 2.30. The highest BCUT2D eigenvalue weighted by molar-refractivity contribution is 5.82. The van der Waals surface area contributed by atoms with Crippen molar-refractivity contribution in [3.8, 4) is 17.2 Å². The maximum Gasteiger partial charge on any atom is 0.247 e. The molecule has 0 N–H and O–H groups in total. The van der Waals surface area contributed by atoms with E-state index in [4.69, 9.17) is 13.9 Å². The second kappa shape index (κ2) is 10.5. The molecule has 1 aliphatic rings. The Kier molecular flexibility index (Phi) is 7.04. The van der Waals surface area contributed by atoms with E-state index in [1.165, 1.54) is 11.6 Å². The Balaban J connectivity index is 1.26. The summed E-state index contributed by atoms with van der Waals surface area (Å²) < 4.78 is 30.7. The van der Waals surface area contributed by atoms with Crippen molar-refractivity contribution in [2.24, 2.45) is 11.8 Å². The first-order valence-corrected chi connectivity index (χ1v) is 12.1. The van der Waals surface area contributed by atoms with Gasteiger partial charge in [0.05, 0.1) is 12.6 Å². The minimum absolute atomic E-state index is 0.214. The molecule has 6 nitrogen and oxygen atoms in total. The Hall–Kier alpha value is -3.32. The lowest BCUT2D eigenvalue weighted by atomic mass is 9.72. The summed E-state index contributed by atoms with van der Waals surface area (Å²) in [5.41, 5.74) is 2.93. The van der Waals surface area contributed by atoms with Crippen LogP contribution in [0, 0.1) is 17.7 Å². The minimum atomic E-state index is -0.214. The summed E-state index contributed by atoms with van der Waals surface area (Å²) in [6.45, 7) is 0.652. The van der Waals surface area contributed by atoms with E-state index >= 15 is 0 Å². The standard InChI is InChI=1S/C28H30FN3O3/c1-33-17-21(15-27-31-32-28(35-27)20-7-10-23(34-2)11-8-20)18-3-5-19(6-4-18)24-13-14-30-26-12-9-22(29)16-25(24)26/h7-14,16,18-19,21H,3-6,15,17H2,1-2H3. The fraction of sp³-hybridized carbons (Fsp3) is 0.393. The molecule has 1 fully saturated rings. The molecule has 7 heteroatoms. The molecule has 0 aliphatic heterocycles. The summed E-state index contributed by atoms with van der Waals surface area (Å²) in [6, 6.07) is 14.5. The Morgan fingerprint density at radius 3 is 2.54 bits per heavy atom. The van der Waals surface area contributed by atoms with E-state index in [1.807, 2.05) is 30.5 Å². The zero-order valence-corrected chi connectivity index (χ0v) is 20.1. The zero-order chi connectivity index (χ0) is 24.2. The molecule has 0 radical (unpaired) electrons. The molecule has 182 valence electrons. The van der Waals surface area contributed by atoms with E-state index in [0.29, 0.717) is 42.6 Å². The van der Waals surface area contributed by atoms with E-state index < -0.39 is 0 Å². The highest BCUT2D eigenvalue weighted by atomic mass is 19.1. The first-order chi connectivity index (χ1) is 17.1. The SMILES string of the molecule is COCC(Cc1nnc(-c2ccc(OC)cc2)o1)C1CCC(c2ccnc3ccc(F)cc23)CC1. The third kappa shape index (κ3) is 5.20. The Labute approximate surface area is 204 Å². The zero-order valence-electron chi connectivity index (χ0n) is 20.1. The molecule has 4 aromatic rings. The van der Waals surface area contributed by atoms with Crippen LogP contribution >= 0.6 is 0 Å². The molecule has 0 spiro atoms. The number of ether oxygens (including phenoxy) is 2. The number of nitrogens with zero attached hydrogens (tertiary/aromatic N) is 3. The minimum Gasteiger partial charge on any atom is -0.497 e. The van der Waals surface area contributed by atoms with E-state index in [9.17, 15) is 4.39 Å². The van der Waals surface area contributed by atoms with Crippen LogP contribution in [0.2, 0.25) is 0 Å². The van der Waals surface area contributed by atoms with Crippen LogP contribution in [0.4, 0.5) is 4.39 Å². The van der Waals surface area contributed by atoms with Crippen molar-refractivity contribution >= 4 is 10.9 Å². The van der Waals surface area contributed by atoms with Crippen molar-refractivity contribution in [3.05, 3.63) is 72.0 Å². The first-order valence-electron chi connectivity index (χ1n) is 12.1. The molecular weight excluding hydrogens is 445 g/mol. The normalized spacial score (nSPS) is 19.1. The van der Waals surface area contributed by atoms with Gasteiger partial charge < -0.3 is 13.9 Å². The van der Waals surface area contributed by atoms with Crippen molar-refractivity contribution in [1.29, 1.82) is 0 Å². The third-order valence-electron chi connectivity index (χ3n) is 7.24. The van der Waals surface area contributed by atoms with Gasteiger partial charge in [-0.1, -0.05) is 0 Å². The van der Waals surface area contributed by atoms with Gasteiger partial charge in [-0.2, -0.15) is 0 Å². The van der Waals surface area contributed by atoms with Gasteiger partial charge in [-0.05, 0) is 97.5 Å². The van der Waals surface area contributed by atoms with Crippen LogP contribution in [0.1, 0.15) is 43.1 Å². The number of halogens is 1. The molecule has 2 heterocycles. The van der Waals surface area contributed by atoms with Crippen LogP contribution in [-0.4, -0.2) is 36.0 Å². The predicted octanol–water partition coefficient (Wildman–Crippen LogP) is 6.21. The summed E-state index contributed by atoms with van der Waals surface area (Å²) in [5, 5.41) is 9.50. The molecule has 2 aromatic carbocycles. The van der Waals surface area contributed by atoms with Crippen LogP contribution in [0.15, 0.2) is 59.1 Å². The van der Waals surface area contributed by atoms with Crippen LogP contribution in [0.5, 0.6) is 5.75 Å². The van der Waals surface area contributed by atoms with Crippen molar-refractivity contribution in [2.45, 2.75) is 38.0 Å². The topological polar surface area (TPSA) is 70.3 Å². The number of pyridine rings is 1. The summed E-state index contributed by atoms with van der Waals surface area (Å²) >= 11 is 0. The molecule has 0 saturated heterocycles. The molecule has 1 aliphatic carbocycles. The van der Waals surface area contributed by atoms with Crippen LogP contribution in [0.25, 0.3) is 22.4 Å². The van der Waals surface area contributed by atoms with Gasteiger partial charge in [-0.15, -0.1) is 10.2 Å². The van der Waals surface area contributed by atoms with Gasteiger partial charge in [0.2, 0.25) is 11.8 Å². The maximum absolute atomic E-state index is 13.9. The van der Waals surface area contributed by atoms with Crippen LogP contribution < -0.4 is 4.74 Å². The first kappa shape index (κ1) is 23.4. The number of benzene rings is 2. The van der Waals surface area contributed by atoms with Gasteiger partial charge in [-0.3, -0.25) is 4.98 Å². The van der Waals surface area contributed by atoms with E-state index in [-0.39, 0.29) is 5.82 Å². The Bertz CT molecular complexity index is 1270. The number of hydrogen-bond acceptors (Lipinski definition) is 6. The lowest BCUT2D eigenvalue weighted by Gasteiger charge is -2.33. The van der Waals surface area contributed by atoms with Gasteiger partial charge >= 0.3 is 0 Å². The molecule has 1 atom stereocenters. The van der Waals surface area contributed by atoms with E-state index in [0.717, 1.165) is 47.9 Å². The molecule has 0 bridgehead atoms. The van der Waals surface area contributed by atoms with Gasteiger partial charge in [0.25, 0.3) is 0 Å². The molecule has 5 rings (SSSR count). The molecule has 1 unspecified atom stereocenters. The number of fused-ring (bicyclic) bond motifs is 1. The lowest BCUT2D eigenvalue weighted by Crippen LogP contribution is -2.26. The quantitative estimate of drug-likeness (QED) is 0.302. The Morgan fingerprint density at radius 2 is 1.80 bits per heavy atom.